The molecule has 1 aliphatic rings. The number of aromatic nitrogens is 2. The fraction of sp³-hybridized carbons (Fsp3) is 0.308. The highest BCUT2D eigenvalue weighted by molar-refractivity contribution is 6.10. The van der Waals surface area contributed by atoms with Crippen molar-refractivity contribution in [2.45, 2.75) is 39.2 Å². The van der Waals surface area contributed by atoms with Crippen LogP contribution in [0, 0.1) is 0 Å². The molecule has 0 N–H and O–H groups in total. The van der Waals surface area contributed by atoms with Gasteiger partial charge in [-0.1, -0.05) is 61.9 Å². The van der Waals surface area contributed by atoms with Crippen LogP contribution in [0.15, 0.2) is 60.8 Å². The lowest BCUT2D eigenvalue weighted by atomic mass is 10.0. The van der Waals surface area contributed by atoms with E-state index >= 15 is 0 Å². The summed E-state index contributed by atoms with van der Waals surface area (Å²) in [5.74, 6) is 0.179. The minimum Gasteiger partial charge on any atom is -0.337 e. The van der Waals surface area contributed by atoms with Crippen LogP contribution in [-0.2, 0) is 19.4 Å². The van der Waals surface area contributed by atoms with Crippen molar-refractivity contribution in [2.75, 3.05) is 13.1 Å². The van der Waals surface area contributed by atoms with Crippen LogP contribution in [0.2, 0.25) is 0 Å². The number of carbonyl (C=O) groups excluding carboxylic acids is 1. The highest BCUT2D eigenvalue weighted by Gasteiger charge is 2.31. The van der Waals surface area contributed by atoms with Crippen molar-refractivity contribution in [3.05, 3.63) is 77.6 Å². The van der Waals surface area contributed by atoms with Gasteiger partial charge in [-0.25, -0.2) is 0 Å². The van der Waals surface area contributed by atoms with Gasteiger partial charge in [0.25, 0.3) is 5.91 Å². The molecular formula is C26H27N3O. The van der Waals surface area contributed by atoms with Gasteiger partial charge in [0.1, 0.15) is 5.69 Å². The molecule has 4 heteroatoms. The minimum atomic E-state index is 0.179. The van der Waals surface area contributed by atoms with Crippen molar-refractivity contribution in [2.24, 2.45) is 0 Å². The van der Waals surface area contributed by atoms with E-state index in [1.165, 1.54) is 16.5 Å². The molecule has 0 unspecified atom stereocenters. The van der Waals surface area contributed by atoms with Crippen molar-refractivity contribution >= 4 is 27.7 Å². The molecule has 0 fully saturated rings. The molecule has 1 amide bonds. The lowest BCUT2D eigenvalue weighted by molar-refractivity contribution is 0.0726. The van der Waals surface area contributed by atoms with E-state index < -0.39 is 0 Å². The van der Waals surface area contributed by atoms with Gasteiger partial charge in [0, 0.05) is 36.6 Å². The monoisotopic (exact) mass is 397 g/mol. The number of rotatable bonds is 6. The van der Waals surface area contributed by atoms with E-state index in [1.54, 1.807) is 0 Å². The Balaban J connectivity index is 1.67. The normalized spacial score (nSPS) is 13.9. The third kappa shape index (κ3) is 3.17. The third-order valence-electron chi connectivity index (χ3n) is 6.27. The van der Waals surface area contributed by atoms with Crippen LogP contribution in [0.4, 0.5) is 0 Å². The first kappa shape index (κ1) is 18.9. The summed E-state index contributed by atoms with van der Waals surface area (Å²) >= 11 is 0. The maximum absolute atomic E-state index is 13.5. The fourth-order valence-corrected chi connectivity index (χ4v) is 4.72. The number of pyridine rings is 1. The van der Waals surface area contributed by atoms with Crippen LogP contribution in [0.3, 0.4) is 0 Å². The van der Waals surface area contributed by atoms with E-state index in [1.807, 2.05) is 23.2 Å². The summed E-state index contributed by atoms with van der Waals surface area (Å²) in [6.07, 6.45) is 5.81. The van der Waals surface area contributed by atoms with E-state index in [0.717, 1.165) is 67.4 Å². The number of hydrogen-bond donors (Lipinski definition) is 0. The summed E-state index contributed by atoms with van der Waals surface area (Å²) in [6, 6.07) is 18.9. The standard InChI is InChI=1S/C26H27N3O/c1-2-3-16-28-17-14-22-21-12-11-20-10-7-15-27-23(20)24(21)29(25(22)26(28)30)18-13-19-8-5-4-6-9-19/h4-12,15H,2-3,13-14,16-18H2,1H3. The quantitative estimate of drug-likeness (QED) is 0.447. The van der Waals surface area contributed by atoms with Crippen LogP contribution in [0.25, 0.3) is 21.8 Å². The van der Waals surface area contributed by atoms with E-state index in [-0.39, 0.29) is 5.91 Å². The molecule has 2 aromatic carbocycles. The molecule has 0 bridgehead atoms. The Morgan fingerprint density at radius 1 is 1.00 bits per heavy atom. The van der Waals surface area contributed by atoms with Gasteiger partial charge in [-0.2, -0.15) is 0 Å². The molecular weight excluding hydrogens is 370 g/mol. The fourth-order valence-electron chi connectivity index (χ4n) is 4.72. The molecule has 0 atom stereocenters. The van der Waals surface area contributed by atoms with Crippen LogP contribution in [0.5, 0.6) is 0 Å². The molecule has 4 nitrogen and oxygen atoms in total. The van der Waals surface area contributed by atoms with Crippen molar-refractivity contribution in [1.82, 2.24) is 14.5 Å². The number of nitrogens with zero attached hydrogens (tertiary/aromatic N) is 3. The molecule has 30 heavy (non-hydrogen) atoms. The summed E-state index contributed by atoms with van der Waals surface area (Å²) in [4.78, 5) is 20.3. The predicted octanol–water partition coefficient (Wildman–Crippen LogP) is 5.23. The summed E-state index contributed by atoms with van der Waals surface area (Å²) in [7, 11) is 0. The lowest BCUT2D eigenvalue weighted by Gasteiger charge is -2.28. The van der Waals surface area contributed by atoms with E-state index in [9.17, 15) is 4.79 Å². The van der Waals surface area contributed by atoms with Gasteiger partial charge >= 0.3 is 0 Å². The van der Waals surface area contributed by atoms with Crippen LogP contribution in [-0.4, -0.2) is 33.4 Å². The van der Waals surface area contributed by atoms with Gasteiger partial charge in [0.05, 0.1) is 11.0 Å². The second-order valence-corrected chi connectivity index (χ2v) is 8.15. The average molecular weight is 398 g/mol. The second kappa shape index (κ2) is 7.94. The predicted molar refractivity (Wildman–Crippen MR) is 122 cm³/mol. The zero-order valence-corrected chi connectivity index (χ0v) is 17.5. The van der Waals surface area contributed by atoms with Gasteiger partial charge in [-0.05, 0) is 36.5 Å². The number of hydrogen-bond acceptors (Lipinski definition) is 2. The molecule has 1 aliphatic heterocycles. The van der Waals surface area contributed by atoms with Crippen molar-refractivity contribution in [1.29, 1.82) is 0 Å². The second-order valence-electron chi connectivity index (χ2n) is 8.15. The number of carbonyl (C=O) groups is 1. The zero-order chi connectivity index (χ0) is 20.5. The number of aryl methyl sites for hydroxylation is 2. The molecule has 0 radical (unpaired) electrons. The van der Waals surface area contributed by atoms with Crippen molar-refractivity contribution < 1.29 is 4.79 Å². The highest BCUT2D eigenvalue weighted by atomic mass is 16.2. The zero-order valence-electron chi connectivity index (χ0n) is 17.5. The van der Waals surface area contributed by atoms with Gasteiger partial charge in [0.15, 0.2) is 0 Å². The SMILES string of the molecule is CCCCN1CCc2c(n(CCc3ccccc3)c3c2ccc2cccnc23)C1=O. The van der Waals surface area contributed by atoms with E-state index in [2.05, 4.69) is 54.0 Å². The molecule has 0 aliphatic carbocycles. The topological polar surface area (TPSA) is 38.1 Å². The molecule has 152 valence electrons. The summed E-state index contributed by atoms with van der Waals surface area (Å²) in [5.41, 5.74) is 5.46. The summed E-state index contributed by atoms with van der Waals surface area (Å²) < 4.78 is 2.26. The van der Waals surface area contributed by atoms with Crippen LogP contribution < -0.4 is 0 Å². The summed E-state index contributed by atoms with van der Waals surface area (Å²) in [5, 5.41) is 2.31. The molecule has 3 heterocycles. The van der Waals surface area contributed by atoms with Gasteiger partial charge < -0.3 is 9.47 Å². The number of amides is 1. The van der Waals surface area contributed by atoms with Gasteiger partial charge in [-0.15, -0.1) is 0 Å². The summed E-state index contributed by atoms with van der Waals surface area (Å²) in [6.45, 7) is 4.60. The van der Waals surface area contributed by atoms with E-state index in [0.29, 0.717) is 0 Å². The first-order chi connectivity index (χ1) is 14.8. The minimum absolute atomic E-state index is 0.179. The maximum atomic E-state index is 13.5. The van der Waals surface area contributed by atoms with Crippen molar-refractivity contribution in [3.8, 4) is 0 Å². The lowest BCUT2D eigenvalue weighted by Crippen LogP contribution is -2.39. The Kier molecular flexibility index (Phi) is 4.99. The molecule has 5 rings (SSSR count). The molecule has 0 spiro atoms. The number of unbranched alkanes of at least 4 members (excludes halogenated alkanes) is 1. The van der Waals surface area contributed by atoms with Crippen LogP contribution >= 0.6 is 0 Å². The maximum Gasteiger partial charge on any atom is 0.270 e. The Bertz CT molecular complexity index is 1210. The molecule has 2 aromatic heterocycles. The number of benzene rings is 2. The van der Waals surface area contributed by atoms with Crippen molar-refractivity contribution in [3.63, 3.8) is 0 Å². The molecule has 0 saturated carbocycles. The average Bonchev–Trinajstić information content (AvgIpc) is 3.13. The number of fused-ring (bicyclic) bond motifs is 5. The first-order valence-corrected chi connectivity index (χ1v) is 11.0. The van der Waals surface area contributed by atoms with Crippen LogP contribution in [0.1, 0.15) is 41.4 Å². The molecule has 4 aromatic rings. The molecule has 0 saturated heterocycles. The van der Waals surface area contributed by atoms with Gasteiger partial charge in [0.2, 0.25) is 0 Å². The Hall–Kier alpha value is -3.14. The first-order valence-electron chi connectivity index (χ1n) is 11.0. The van der Waals surface area contributed by atoms with E-state index in [4.69, 9.17) is 4.98 Å². The third-order valence-corrected chi connectivity index (χ3v) is 6.27. The Morgan fingerprint density at radius 3 is 2.70 bits per heavy atom. The van der Waals surface area contributed by atoms with Gasteiger partial charge in [-0.3, -0.25) is 9.78 Å². The smallest absolute Gasteiger partial charge is 0.270 e. The Morgan fingerprint density at radius 2 is 1.87 bits per heavy atom. The highest BCUT2D eigenvalue weighted by Crippen LogP contribution is 2.35. The largest absolute Gasteiger partial charge is 0.337 e. The Labute approximate surface area is 177 Å².